The molecule has 3 rings (SSSR count). The molecule has 0 unspecified atom stereocenters. The van der Waals surface area contributed by atoms with Gasteiger partial charge >= 0.3 is 0 Å². The van der Waals surface area contributed by atoms with Crippen molar-refractivity contribution >= 4 is 11.3 Å². The summed E-state index contributed by atoms with van der Waals surface area (Å²) in [6, 6.07) is 6.72. The summed E-state index contributed by atoms with van der Waals surface area (Å²) in [4.78, 5) is 2.28. The van der Waals surface area contributed by atoms with Gasteiger partial charge in [-0.1, -0.05) is 12.1 Å². The van der Waals surface area contributed by atoms with Crippen molar-refractivity contribution < 1.29 is 9.50 Å². The molecule has 2 aromatic rings. The van der Waals surface area contributed by atoms with Crippen LogP contribution in [0.2, 0.25) is 0 Å². The third-order valence-electron chi connectivity index (χ3n) is 3.69. The first-order valence-electron chi connectivity index (χ1n) is 6.71. The van der Waals surface area contributed by atoms with Gasteiger partial charge in [-0.25, -0.2) is 4.39 Å². The second-order valence-corrected chi connectivity index (χ2v) is 5.70. The van der Waals surface area contributed by atoms with Gasteiger partial charge in [0.1, 0.15) is 0 Å². The average Bonchev–Trinajstić information content (AvgIpc) is 2.99. The maximum atomic E-state index is 13.7. The summed E-state index contributed by atoms with van der Waals surface area (Å²) in [5, 5.41) is 17.5. The van der Waals surface area contributed by atoms with Crippen LogP contribution in [0.25, 0.3) is 0 Å². The molecule has 1 aliphatic rings. The van der Waals surface area contributed by atoms with Gasteiger partial charge in [-0.15, -0.1) is 0 Å². The van der Waals surface area contributed by atoms with E-state index in [-0.39, 0.29) is 11.8 Å². The van der Waals surface area contributed by atoms with Gasteiger partial charge in [0.15, 0.2) is 11.6 Å². The quantitative estimate of drug-likeness (QED) is 0.913. The fourth-order valence-electron chi connectivity index (χ4n) is 2.71. The van der Waals surface area contributed by atoms with E-state index in [1.807, 2.05) is 17.5 Å². The third kappa shape index (κ3) is 2.57. The van der Waals surface area contributed by atoms with Gasteiger partial charge in [0.2, 0.25) is 0 Å². The Morgan fingerprint density at radius 1 is 1.25 bits per heavy atom. The van der Waals surface area contributed by atoms with Crippen LogP contribution in [0.3, 0.4) is 0 Å². The molecule has 1 aromatic carbocycles. The summed E-state index contributed by atoms with van der Waals surface area (Å²) >= 11 is 1.62. The molecule has 20 heavy (non-hydrogen) atoms. The van der Waals surface area contributed by atoms with E-state index in [0.29, 0.717) is 5.56 Å². The van der Waals surface area contributed by atoms with Crippen molar-refractivity contribution in [3.8, 4) is 5.75 Å². The van der Waals surface area contributed by atoms with Crippen LogP contribution in [-0.4, -0.2) is 36.2 Å². The Kier molecular flexibility index (Phi) is 4.00. The molecule has 0 saturated carbocycles. The maximum Gasteiger partial charge on any atom is 0.165 e. The smallest absolute Gasteiger partial charge is 0.165 e. The Morgan fingerprint density at radius 2 is 2.05 bits per heavy atom. The van der Waals surface area contributed by atoms with Gasteiger partial charge in [0.05, 0.1) is 6.04 Å². The number of nitrogens with zero attached hydrogens (tertiary/aromatic N) is 1. The zero-order valence-electron chi connectivity index (χ0n) is 11.1. The first-order chi connectivity index (χ1) is 9.77. The zero-order valence-corrected chi connectivity index (χ0v) is 11.9. The van der Waals surface area contributed by atoms with E-state index in [4.69, 9.17) is 0 Å². The fourth-order valence-corrected chi connectivity index (χ4v) is 3.39. The SMILES string of the molecule is Oc1c(F)cccc1[C@H](c1ccsc1)N1CCNCC1. The summed E-state index contributed by atoms with van der Waals surface area (Å²) < 4.78 is 13.7. The van der Waals surface area contributed by atoms with E-state index in [9.17, 15) is 9.50 Å². The molecule has 1 aromatic heterocycles. The Morgan fingerprint density at radius 3 is 2.75 bits per heavy atom. The standard InChI is InChI=1S/C15H17FN2OS/c16-13-3-1-2-12(15(13)19)14(11-4-9-20-10-11)18-7-5-17-6-8-18/h1-4,9-10,14,17,19H,5-8H2/t14-/m0/s1. The summed E-state index contributed by atoms with van der Waals surface area (Å²) in [6.07, 6.45) is 0. The van der Waals surface area contributed by atoms with E-state index in [2.05, 4.69) is 15.6 Å². The minimum atomic E-state index is -0.558. The van der Waals surface area contributed by atoms with Crippen LogP contribution in [0.15, 0.2) is 35.0 Å². The number of phenols is 1. The van der Waals surface area contributed by atoms with E-state index >= 15 is 0 Å². The average molecular weight is 292 g/mol. The van der Waals surface area contributed by atoms with Crippen LogP contribution in [0.5, 0.6) is 5.75 Å². The highest BCUT2D eigenvalue weighted by Crippen LogP contribution is 2.36. The van der Waals surface area contributed by atoms with Gasteiger partial charge in [0, 0.05) is 31.7 Å². The molecule has 5 heteroatoms. The molecule has 2 heterocycles. The summed E-state index contributed by atoms with van der Waals surface area (Å²) in [6.45, 7) is 3.60. The minimum absolute atomic E-state index is 0.0842. The van der Waals surface area contributed by atoms with E-state index in [1.165, 1.54) is 6.07 Å². The minimum Gasteiger partial charge on any atom is -0.505 e. The van der Waals surface area contributed by atoms with Crippen LogP contribution >= 0.6 is 11.3 Å². The Bertz CT molecular complexity index is 567. The predicted octanol–water partition coefficient (Wildman–Crippen LogP) is 2.59. The van der Waals surface area contributed by atoms with Crippen molar-refractivity contribution in [2.24, 2.45) is 0 Å². The molecule has 0 bridgehead atoms. The van der Waals surface area contributed by atoms with Crippen LogP contribution in [0.4, 0.5) is 4.39 Å². The molecule has 0 radical (unpaired) electrons. The molecule has 3 nitrogen and oxygen atoms in total. The molecule has 0 aliphatic carbocycles. The lowest BCUT2D eigenvalue weighted by molar-refractivity contribution is 0.195. The molecular weight excluding hydrogens is 275 g/mol. The molecule has 0 amide bonds. The van der Waals surface area contributed by atoms with E-state index in [1.54, 1.807) is 17.4 Å². The fraction of sp³-hybridized carbons (Fsp3) is 0.333. The normalized spacial score (nSPS) is 18.1. The molecular formula is C15H17FN2OS. The molecule has 106 valence electrons. The highest BCUT2D eigenvalue weighted by atomic mass is 32.1. The topological polar surface area (TPSA) is 35.5 Å². The van der Waals surface area contributed by atoms with Crippen molar-refractivity contribution in [2.45, 2.75) is 6.04 Å². The molecule has 2 N–H and O–H groups in total. The van der Waals surface area contributed by atoms with Crippen molar-refractivity contribution in [1.29, 1.82) is 0 Å². The first-order valence-corrected chi connectivity index (χ1v) is 7.66. The van der Waals surface area contributed by atoms with Gasteiger partial charge in [-0.2, -0.15) is 11.3 Å². The molecule has 0 spiro atoms. The van der Waals surface area contributed by atoms with E-state index in [0.717, 1.165) is 31.7 Å². The van der Waals surface area contributed by atoms with Gasteiger partial charge in [-0.3, -0.25) is 4.90 Å². The van der Waals surface area contributed by atoms with Gasteiger partial charge in [0.25, 0.3) is 0 Å². The van der Waals surface area contributed by atoms with E-state index < -0.39 is 5.82 Å². The zero-order chi connectivity index (χ0) is 13.9. The summed E-state index contributed by atoms with van der Waals surface area (Å²) in [7, 11) is 0. The van der Waals surface area contributed by atoms with Crippen LogP contribution < -0.4 is 5.32 Å². The van der Waals surface area contributed by atoms with Crippen molar-refractivity contribution in [3.63, 3.8) is 0 Å². The number of halogens is 1. The lowest BCUT2D eigenvalue weighted by Gasteiger charge is -2.35. The number of aromatic hydroxyl groups is 1. The van der Waals surface area contributed by atoms with Crippen LogP contribution in [-0.2, 0) is 0 Å². The van der Waals surface area contributed by atoms with Crippen LogP contribution in [0.1, 0.15) is 17.2 Å². The maximum absolute atomic E-state index is 13.7. The molecule has 1 saturated heterocycles. The number of thiophene rings is 1. The number of nitrogens with one attached hydrogen (secondary N) is 1. The largest absolute Gasteiger partial charge is 0.505 e. The lowest BCUT2D eigenvalue weighted by Crippen LogP contribution is -2.45. The number of phenolic OH excluding ortho intramolecular Hbond substituents is 1. The lowest BCUT2D eigenvalue weighted by atomic mass is 9.97. The Hall–Kier alpha value is -1.43. The number of rotatable bonds is 3. The summed E-state index contributed by atoms with van der Waals surface area (Å²) in [5.41, 5.74) is 1.75. The van der Waals surface area contributed by atoms with Crippen molar-refractivity contribution in [3.05, 3.63) is 52.0 Å². The first kappa shape index (κ1) is 13.5. The second kappa shape index (κ2) is 5.91. The highest BCUT2D eigenvalue weighted by Gasteiger charge is 2.27. The summed E-state index contributed by atoms with van der Waals surface area (Å²) in [5.74, 6) is -0.792. The Labute approximate surface area is 121 Å². The predicted molar refractivity (Wildman–Crippen MR) is 78.7 cm³/mol. The number of hydrogen-bond donors (Lipinski definition) is 2. The number of benzene rings is 1. The van der Waals surface area contributed by atoms with Gasteiger partial charge in [-0.05, 0) is 28.5 Å². The number of para-hydroxylation sites is 1. The third-order valence-corrected chi connectivity index (χ3v) is 4.39. The molecule has 1 fully saturated rings. The van der Waals surface area contributed by atoms with Crippen molar-refractivity contribution in [2.75, 3.05) is 26.2 Å². The number of hydrogen-bond acceptors (Lipinski definition) is 4. The number of piperazine rings is 1. The monoisotopic (exact) mass is 292 g/mol. The van der Waals surface area contributed by atoms with Gasteiger partial charge < -0.3 is 10.4 Å². The highest BCUT2D eigenvalue weighted by molar-refractivity contribution is 7.08. The van der Waals surface area contributed by atoms with Crippen molar-refractivity contribution in [1.82, 2.24) is 10.2 Å². The second-order valence-electron chi connectivity index (χ2n) is 4.92. The molecule has 1 atom stereocenters. The molecule has 1 aliphatic heterocycles. The van der Waals surface area contributed by atoms with Crippen LogP contribution in [0, 0.1) is 5.82 Å². The Balaban J connectivity index is 2.03.